The molecule has 0 aliphatic carbocycles. The number of rotatable bonds is 2. The molecule has 0 aromatic carbocycles. The van der Waals surface area contributed by atoms with Crippen molar-refractivity contribution in [3.05, 3.63) is 17.2 Å². The fraction of sp³-hybridized carbons (Fsp3) is 0.636. The molecule has 2 heterocycles. The Hall–Kier alpha value is -1.36. The van der Waals surface area contributed by atoms with Gasteiger partial charge in [-0.2, -0.15) is 0 Å². The number of carbonyl (C=O) groups is 1. The average Bonchev–Trinajstić information content (AvgIpc) is 2.57. The summed E-state index contributed by atoms with van der Waals surface area (Å²) in [5.41, 5.74) is 1.92. The van der Waals surface area contributed by atoms with E-state index in [1.54, 1.807) is 0 Å². The quantitative estimate of drug-likeness (QED) is 0.693. The number of carboxylic acid groups (broad SMARTS) is 1. The summed E-state index contributed by atoms with van der Waals surface area (Å²) in [7, 11) is 0. The molecule has 2 atom stereocenters. The van der Waals surface area contributed by atoms with E-state index in [0.29, 0.717) is 6.54 Å². The molecule has 1 aromatic rings. The van der Waals surface area contributed by atoms with Crippen LogP contribution in [0.2, 0.25) is 0 Å². The van der Waals surface area contributed by atoms with Crippen molar-refractivity contribution in [3.63, 3.8) is 0 Å². The van der Waals surface area contributed by atoms with E-state index >= 15 is 0 Å². The van der Waals surface area contributed by atoms with Gasteiger partial charge in [-0.05, 0) is 26.8 Å². The molecular formula is C11H17N3O2. The van der Waals surface area contributed by atoms with Crippen LogP contribution in [0.3, 0.4) is 0 Å². The Balaban J connectivity index is 2.29. The second-order valence-electron chi connectivity index (χ2n) is 4.38. The molecule has 16 heavy (non-hydrogen) atoms. The van der Waals surface area contributed by atoms with E-state index in [1.807, 2.05) is 13.8 Å². The first-order valence-corrected chi connectivity index (χ1v) is 5.56. The number of nitrogens with one attached hydrogen (secondary N) is 2. The summed E-state index contributed by atoms with van der Waals surface area (Å²) < 4.78 is 0. The molecule has 2 rings (SSSR count). The monoisotopic (exact) mass is 223 g/mol. The first-order valence-electron chi connectivity index (χ1n) is 5.56. The maximum absolute atomic E-state index is 11.2. The highest BCUT2D eigenvalue weighted by molar-refractivity contribution is 5.71. The molecule has 5 nitrogen and oxygen atoms in total. The molecule has 0 saturated carbocycles. The fourth-order valence-electron chi connectivity index (χ4n) is 2.43. The third kappa shape index (κ3) is 1.95. The number of aromatic amines is 1. The molecule has 5 heteroatoms. The third-order valence-corrected chi connectivity index (χ3v) is 3.19. The van der Waals surface area contributed by atoms with Crippen molar-refractivity contribution in [1.29, 1.82) is 0 Å². The van der Waals surface area contributed by atoms with Crippen LogP contribution in [-0.4, -0.2) is 34.1 Å². The number of aromatic nitrogens is 2. The van der Waals surface area contributed by atoms with Gasteiger partial charge in [0.05, 0.1) is 11.6 Å². The molecule has 1 aliphatic rings. The number of carboxylic acids is 1. The van der Waals surface area contributed by atoms with Crippen LogP contribution in [0.1, 0.15) is 29.6 Å². The number of H-pyrrole nitrogens is 1. The molecule has 1 aliphatic heterocycles. The van der Waals surface area contributed by atoms with Crippen LogP contribution in [-0.2, 0) is 4.79 Å². The van der Waals surface area contributed by atoms with E-state index in [-0.39, 0.29) is 11.8 Å². The number of hydrogen-bond acceptors (Lipinski definition) is 3. The summed E-state index contributed by atoms with van der Waals surface area (Å²) in [6.07, 6.45) is 0.835. The van der Waals surface area contributed by atoms with Crippen molar-refractivity contribution in [3.8, 4) is 0 Å². The van der Waals surface area contributed by atoms with Crippen LogP contribution in [0.5, 0.6) is 0 Å². The minimum atomic E-state index is -0.739. The highest BCUT2D eigenvalue weighted by atomic mass is 16.4. The highest BCUT2D eigenvalue weighted by Gasteiger charge is 2.34. The van der Waals surface area contributed by atoms with Crippen LogP contribution in [0.15, 0.2) is 0 Å². The standard InChI is InChI=1S/C11H17N3O2/c1-6-10(14-7(2)13-6)8-3-4-12-5-9(8)11(15)16/h8-9,12H,3-5H2,1-2H3,(H,13,14)(H,15,16). The molecular weight excluding hydrogens is 206 g/mol. The molecule has 0 radical (unpaired) electrons. The second kappa shape index (κ2) is 4.25. The molecule has 3 N–H and O–H groups in total. The number of nitrogens with zero attached hydrogens (tertiary/aromatic N) is 1. The van der Waals surface area contributed by atoms with E-state index in [1.165, 1.54) is 0 Å². The van der Waals surface area contributed by atoms with E-state index in [0.717, 1.165) is 30.2 Å². The lowest BCUT2D eigenvalue weighted by Crippen LogP contribution is -2.40. The molecule has 0 bridgehead atoms. The Morgan fingerprint density at radius 3 is 2.81 bits per heavy atom. The van der Waals surface area contributed by atoms with Crippen LogP contribution >= 0.6 is 0 Å². The van der Waals surface area contributed by atoms with Gasteiger partial charge in [0.1, 0.15) is 5.82 Å². The SMILES string of the molecule is Cc1nc(C2CCNCC2C(=O)O)c(C)[nH]1. The number of aryl methyl sites for hydroxylation is 2. The van der Waals surface area contributed by atoms with Gasteiger partial charge < -0.3 is 15.4 Å². The van der Waals surface area contributed by atoms with E-state index in [4.69, 9.17) is 0 Å². The zero-order valence-electron chi connectivity index (χ0n) is 9.58. The van der Waals surface area contributed by atoms with Crippen molar-refractivity contribution in [2.75, 3.05) is 13.1 Å². The van der Waals surface area contributed by atoms with Crippen molar-refractivity contribution in [1.82, 2.24) is 15.3 Å². The molecule has 0 spiro atoms. The minimum Gasteiger partial charge on any atom is -0.481 e. The Kier molecular flexibility index (Phi) is 2.96. The largest absolute Gasteiger partial charge is 0.481 e. The predicted octanol–water partition coefficient (Wildman–Crippen LogP) is 0.804. The lowest BCUT2D eigenvalue weighted by atomic mass is 9.83. The Labute approximate surface area is 94.3 Å². The maximum atomic E-state index is 11.2. The van der Waals surface area contributed by atoms with Gasteiger partial charge >= 0.3 is 5.97 Å². The summed E-state index contributed by atoms with van der Waals surface area (Å²) in [4.78, 5) is 18.7. The van der Waals surface area contributed by atoms with Gasteiger partial charge in [0.2, 0.25) is 0 Å². The molecule has 1 saturated heterocycles. The van der Waals surface area contributed by atoms with Gasteiger partial charge in [0.25, 0.3) is 0 Å². The molecule has 1 aromatic heterocycles. The first kappa shape index (κ1) is 11.1. The third-order valence-electron chi connectivity index (χ3n) is 3.19. The average molecular weight is 223 g/mol. The van der Waals surface area contributed by atoms with Gasteiger partial charge in [0.15, 0.2) is 0 Å². The van der Waals surface area contributed by atoms with E-state index < -0.39 is 5.97 Å². The summed E-state index contributed by atoms with van der Waals surface area (Å²) in [5, 5.41) is 12.3. The summed E-state index contributed by atoms with van der Waals surface area (Å²) >= 11 is 0. The van der Waals surface area contributed by atoms with E-state index in [9.17, 15) is 9.90 Å². The molecule has 0 amide bonds. The topological polar surface area (TPSA) is 78.0 Å². The summed E-state index contributed by atoms with van der Waals surface area (Å²) in [6.45, 7) is 5.24. The van der Waals surface area contributed by atoms with Crippen LogP contribution in [0, 0.1) is 19.8 Å². The number of aliphatic carboxylic acids is 1. The fourth-order valence-corrected chi connectivity index (χ4v) is 2.43. The minimum absolute atomic E-state index is 0.0312. The molecule has 88 valence electrons. The lowest BCUT2D eigenvalue weighted by molar-refractivity contribution is -0.143. The van der Waals surface area contributed by atoms with Crippen molar-refractivity contribution < 1.29 is 9.90 Å². The van der Waals surface area contributed by atoms with Crippen LogP contribution in [0.4, 0.5) is 0 Å². The number of imidazole rings is 1. The summed E-state index contributed by atoms with van der Waals surface area (Å²) in [5.74, 6) is -0.216. The van der Waals surface area contributed by atoms with Gasteiger partial charge in [0, 0.05) is 18.2 Å². The van der Waals surface area contributed by atoms with Crippen molar-refractivity contribution >= 4 is 5.97 Å². The molecule has 1 fully saturated rings. The smallest absolute Gasteiger partial charge is 0.308 e. The Morgan fingerprint density at radius 2 is 2.25 bits per heavy atom. The molecule has 2 unspecified atom stereocenters. The van der Waals surface area contributed by atoms with Gasteiger partial charge in [-0.15, -0.1) is 0 Å². The zero-order chi connectivity index (χ0) is 11.7. The maximum Gasteiger partial charge on any atom is 0.308 e. The number of piperidine rings is 1. The summed E-state index contributed by atoms with van der Waals surface area (Å²) in [6, 6.07) is 0. The second-order valence-corrected chi connectivity index (χ2v) is 4.38. The van der Waals surface area contributed by atoms with Crippen LogP contribution in [0.25, 0.3) is 0 Å². The predicted molar refractivity (Wildman–Crippen MR) is 59.4 cm³/mol. The number of hydrogen-bond donors (Lipinski definition) is 3. The van der Waals surface area contributed by atoms with Gasteiger partial charge in [-0.25, -0.2) is 4.98 Å². The van der Waals surface area contributed by atoms with Crippen LogP contribution < -0.4 is 5.32 Å². The highest BCUT2D eigenvalue weighted by Crippen LogP contribution is 2.31. The Bertz CT molecular complexity index is 400. The lowest BCUT2D eigenvalue weighted by Gasteiger charge is -2.28. The van der Waals surface area contributed by atoms with Crippen molar-refractivity contribution in [2.45, 2.75) is 26.2 Å². The normalized spacial score (nSPS) is 25.6. The Morgan fingerprint density at radius 1 is 1.50 bits per heavy atom. The first-order chi connectivity index (χ1) is 7.59. The van der Waals surface area contributed by atoms with Crippen molar-refractivity contribution in [2.24, 2.45) is 5.92 Å². The zero-order valence-corrected chi connectivity index (χ0v) is 9.58. The van der Waals surface area contributed by atoms with Gasteiger partial charge in [-0.3, -0.25) is 4.79 Å². The van der Waals surface area contributed by atoms with Gasteiger partial charge in [-0.1, -0.05) is 0 Å². The van der Waals surface area contributed by atoms with E-state index in [2.05, 4.69) is 15.3 Å².